The van der Waals surface area contributed by atoms with E-state index < -0.39 is 5.91 Å². The Morgan fingerprint density at radius 2 is 2.00 bits per heavy atom. The van der Waals surface area contributed by atoms with Gasteiger partial charge in [-0.05, 0) is 61.1 Å². The van der Waals surface area contributed by atoms with Crippen molar-refractivity contribution in [1.29, 1.82) is 0 Å². The van der Waals surface area contributed by atoms with Crippen molar-refractivity contribution in [2.75, 3.05) is 6.61 Å². The van der Waals surface area contributed by atoms with Gasteiger partial charge in [-0.2, -0.15) is 0 Å². The molecular formula is C20H21ClN2O3. The number of hydrogen-bond acceptors (Lipinski definition) is 3. The molecule has 0 aliphatic heterocycles. The summed E-state index contributed by atoms with van der Waals surface area (Å²) in [5.74, 6) is -0.308. The van der Waals surface area contributed by atoms with Gasteiger partial charge >= 0.3 is 0 Å². The normalized spacial score (nSPS) is 15.7. The minimum absolute atomic E-state index is 0.192. The molecule has 0 heterocycles. The highest BCUT2D eigenvalue weighted by Gasteiger charge is 2.26. The SMILES string of the molecule is Cc1cc(OCC(=O)NNC(=O)[C@@H]2CCCc3ccccc32)ccc1Cl. The van der Waals surface area contributed by atoms with Crippen LogP contribution in [0.2, 0.25) is 5.02 Å². The van der Waals surface area contributed by atoms with E-state index in [2.05, 4.69) is 16.9 Å². The second-order valence-electron chi connectivity index (χ2n) is 6.38. The Hall–Kier alpha value is -2.53. The van der Waals surface area contributed by atoms with Gasteiger partial charge in [0.15, 0.2) is 6.61 Å². The van der Waals surface area contributed by atoms with Gasteiger partial charge in [-0.3, -0.25) is 20.4 Å². The highest BCUT2D eigenvalue weighted by molar-refractivity contribution is 6.31. The van der Waals surface area contributed by atoms with Gasteiger partial charge in [0, 0.05) is 5.02 Å². The van der Waals surface area contributed by atoms with Gasteiger partial charge in [0.1, 0.15) is 5.75 Å². The summed E-state index contributed by atoms with van der Waals surface area (Å²) in [6.07, 6.45) is 2.72. The summed E-state index contributed by atoms with van der Waals surface area (Å²) >= 11 is 5.96. The smallest absolute Gasteiger partial charge is 0.276 e. The lowest BCUT2D eigenvalue weighted by Gasteiger charge is -2.24. The number of benzene rings is 2. The summed E-state index contributed by atoms with van der Waals surface area (Å²) in [7, 11) is 0. The van der Waals surface area contributed by atoms with Crippen LogP contribution in [0.4, 0.5) is 0 Å². The van der Waals surface area contributed by atoms with E-state index in [4.69, 9.17) is 16.3 Å². The molecule has 1 aliphatic rings. The van der Waals surface area contributed by atoms with E-state index in [1.54, 1.807) is 18.2 Å². The third-order valence-corrected chi connectivity index (χ3v) is 4.93. The van der Waals surface area contributed by atoms with Gasteiger partial charge < -0.3 is 4.74 Å². The predicted molar refractivity (Wildman–Crippen MR) is 100 cm³/mol. The summed E-state index contributed by atoms with van der Waals surface area (Å²) in [6, 6.07) is 13.1. The van der Waals surface area contributed by atoms with Gasteiger partial charge in [-0.15, -0.1) is 0 Å². The van der Waals surface area contributed by atoms with E-state index >= 15 is 0 Å². The van der Waals surface area contributed by atoms with Crippen LogP contribution in [0.1, 0.15) is 35.4 Å². The summed E-state index contributed by atoms with van der Waals surface area (Å²) < 4.78 is 5.42. The summed E-state index contributed by atoms with van der Waals surface area (Å²) in [6.45, 7) is 1.67. The first kappa shape index (κ1) is 18.3. The average molecular weight is 373 g/mol. The number of ether oxygens (including phenoxy) is 1. The highest BCUT2D eigenvalue weighted by Crippen LogP contribution is 2.31. The fourth-order valence-electron chi connectivity index (χ4n) is 3.14. The van der Waals surface area contributed by atoms with Crippen molar-refractivity contribution in [1.82, 2.24) is 10.9 Å². The predicted octanol–water partition coefficient (Wildman–Crippen LogP) is 3.29. The van der Waals surface area contributed by atoms with Crippen LogP contribution >= 0.6 is 11.6 Å². The third kappa shape index (κ3) is 4.35. The molecule has 0 bridgehead atoms. The van der Waals surface area contributed by atoms with E-state index in [9.17, 15) is 9.59 Å². The zero-order valence-electron chi connectivity index (χ0n) is 14.5. The van der Waals surface area contributed by atoms with Crippen LogP contribution in [0.5, 0.6) is 5.75 Å². The van der Waals surface area contributed by atoms with Crippen molar-refractivity contribution in [2.45, 2.75) is 32.1 Å². The van der Waals surface area contributed by atoms with Gasteiger partial charge in [0.05, 0.1) is 5.92 Å². The first-order valence-electron chi connectivity index (χ1n) is 8.60. The van der Waals surface area contributed by atoms with Crippen molar-refractivity contribution in [3.05, 3.63) is 64.2 Å². The number of nitrogens with one attached hydrogen (secondary N) is 2. The van der Waals surface area contributed by atoms with Gasteiger partial charge in [0.2, 0.25) is 5.91 Å². The van der Waals surface area contributed by atoms with Crippen molar-refractivity contribution in [3.8, 4) is 5.75 Å². The van der Waals surface area contributed by atoms with Crippen molar-refractivity contribution >= 4 is 23.4 Å². The molecule has 26 heavy (non-hydrogen) atoms. The molecule has 2 N–H and O–H groups in total. The molecule has 0 unspecified atom stereocenters. The monoisotopic (exact) mass is 372 g/mol. The highest BCUT2D eigenvalue weighted by atomic mass is 35.5. The summed E-state index contributed by atoms with van der Waals surface area (Å²) in [4.78, 5) is 24.4. The molecule has 1 aliphatic carbocycles. The zero-order chi connectivity index (χ0) is 18.5. The van der Waals surface area contributed by atoms with Crippen LogP contribution in [0.25, 0.3) is 0 Å². The minimum Gasteiger partial charge on any atom is -0.484 e. The molecular weight excluding hydrogens is 352 g/mol. The minimum atomic E-state index is -0.421. The quantitative estimate of drug-likeness (QED) is 0.809. The largest absolute Gasteiger partial charge is 0.484 e. The van der Waals surface area contributed by atoms with Crippen LogP contribution in [-0.4, -0.2) is 18.4 Å². The molecule has 2 amide bonds. The molecule has 0 saturated carbocycles. The van der Waals surface area contributed by atoms with Gasteiger partial charge in [0.25, 0.3) is 5.91 Å². The molecule has 0 spiro atoms. The molecule has 5 nitrogen and oxygen atoms in total. The fourth-order valence-corrected chi connectivity index (χ4v) is 3.25. The molecule has 6 heteroatoms. The second kappa shape index (κ2) is 8.23. The molecule has 1 atom stereocenters. The molecule has 0 saturated heterocycles. The second-order valence-corrected chi connectivity index (χ2v) is 6.79. The number of aryl methyl sites for hydroxylation is 2. The third-order valence-electron chi connectivity index (χ3n) is 4.51. The van der Waals surface area contributed by atoms with Crippen LogP contribution in [0.3, 0.4) is 0 Å². The standard InChI is InChI=1S/C20H21ClN2O3/c1-13-11-15(9-10-18(13)21)26-12-19(24)22-23-20(25)17-8-4-6-14-5-2-3-7-16(14)17/h2-3,5,7,9-11,17H,4,6,8,12H2,1H3,(H,22,24)(H,23,25)/t17-/m1/s1. The lowest BCUT2D eigenvalue weighted by atomic mass is 9.82. The molecule has 0 fully saturated rings. The molecule has 2 aromatic rings. The number of carbonyl (C=O) groups excluding carboxylic acids is 2. The first-order chi connectivity index (χ1) is 12.5. The molecule has 2 aromatic carbocycles. The Morgan fingerprint density at radius 3 is 2.81 bits per heavy atom. The van der Waals surface area contributed by atoms with Crippen molar-refractivity contribution < 1.29 is 14.3 Å². The Morgan fingerprint density at radius 1 is 1.19 bits per heavy atom. The van der Waals surface area contributed by atoms with E-state index in [1.165, 1.54) is 5.56 Å². The van der Waals surface area contributed by atoms with Crippen LogP contribution < -0.4 is 15.6 Å². The number of rotatable bonds is 4. The number of halogens is 1. The number of carbonyl (C=O) groups is 2. The van der Waals surface area contributed by atoms with Crippen LogP contribution in [0, 0.1) is 6.92 Å². The first-order valence-corrected chi connectivity index (χ1v) is 8.98. The number of amides is 2. The molecule has 0 radical (unpaired) electrons. The average Bonchev–Trinajstić information content (AvgIpc) is 2.66. The van der Waals surface area contributed by atoms with E-state index in [1.807, 2.05) is 25.1 Å². The van der Waals surface area contributed by atoms with Crippen LogP contribution in [0.15, 0.2) is 42.5 Å². The molecule has 0 aromatic heterocycles. The lowest BCUT2D eigenvalue weighted by molar-refractivity contribution is -0.130. The Labute approximate surface area is 157 Å². The maximum atomic E-state index is 12.4. The zero-order valence-corrected chi connectivity index (χ0v) is 15.3. The van der Waals surface area contributed by atoms with Crippen molar-refractivity contribution in [2.24, 2.45) is 0 Å². The van der Waals surface area contributed by atoms with Crippen molar-refractivity contribution in [3.63, 3.8) is 0 Å². The maximum Gasteiger partial charge on any atom is 0.276 e. The van der Waals surface area contributed by atoms with E-state index in [-0.39, 0.29) is 18.4 Å². The number of hydrogen-bond donors (Lipinski definition) is 2. The Kier molecular flexibility index (Phi) is 5.78. The lowest BCUT2D eigenvalue weighted by Crippen LogP contribution is -2.46. The number of hydrazine groups is 1. The summed E-state index contributed by atoms with van der Waals surface area (Å²) in [5, 5.41) is 0.641. The van der Waals surface area contributed by atoms with Crippen LogP contribution in [-0.2, 0) is 16.0 Å². The fraction of sp³-hybridized carbons (Fsp3) is 0.300. The number of fused-ring (bicyclic) bond motifs is 1. The van der Waals surface area contributed by atoms with E-state index in [0.29, 0.717) is 10.8 Å². The van der Waals surface area contributed by atoms with Gasteiger partial charge in [-0.1, -0.05) is 35.9 Å². The Bertz CT molecular complexity index is 822. The molecule has 136 valence electrons. The Balaban J connectivity index is 1.50. The summed E-state index contributed by atoms with van der Waals surface area (Å²) in [5.41, 5.74) is 8.04. The maximum absolute atomic E-state index is 12.4. The topological polar surface area (TPSA) is 67.4 Å². The van der Waals surface area contributed by atoms with Gasteiger partial charge in [-0.25, -0.2) is 0 Å². The molecule has 3 rings (SSSR count). The van der Waals surface area contributed by atoms with E-state index in [0.717, 1.165) is 30.4 Å².